The number of halogens is 1. The van der Waals surface area contributed by atoms with Crippen molar-refractivity contribution in [3.63, 3.8) is 0 Å². The first-order chi connectivity index (χ1) is 14.2. The van der Waals surface area contributed by atoms with Gasteiger partial charge in [0.1, 0.15) is 11.5 Å². The van der Waals surface area contributed by atoms with Crippen molar-refractivity contribution in [1.82, 2.24) is 15.5 Å². The molecule has 1 aromatic carbocycles. The van der Waals surface area contributed by atoms with E-state index in [9.17, 15) is 9.18 Å². The summed E-state index contributed by atoms with van der Waals surface area (Å²) in [6.07, 6.45) is 0.679. The number of aromatic nitrogens is 2. The summed E-state index contributed by atoms with van der Waals surface area (Å²) in [5.74, 6) is -0.747. The van der Waals surface area contributed by atoms with Gasteiger partial charge < -0.3 is 14.6 Å². The molecule has 0 aliphatic heterocycles. The fourth-order valence-electron chi connectivity index (χ4n) is 3.03. The second-order valence-corrected chi connectivity index (χ2v) is 7.27. The molecule has 1 N–H and O–H groups in total. The van der Waals surface area contributed by atoms with Gasteiger partial charge in [0.15, 0.2) is 0 Å². The smallest absolute Gasteiger partial charge is 0.259 e. The van der Waals surface area contributed by atoms with E-state index in [4.69, 9.17) is 9.26 Å². The predicted octanol–water partition coefficient (Wildman–Crippen LogP) is 4.52. The molecule has 3 aromatic heterocycles. The van der Waals surface area contributed by atoms with Crippen molar-refractivity contribution in [2.75, 3.05) is 20.3 Å². The van der Waals surface area contributed by atoms with Gasteiger partial charge in [0, 0.05) is 25.8 Å². The lowest BCUT2D eigenvalue weighted by Crippen LogP contribution is -2.25. The number of pyridine rings is 1. The zero-order valence-corrected chi connectivity index (χ0v) is 16.5. The number of nitrogens with one attached hydrogen (secondary N) is 1. The number of amides is 1. The van der Waals surface area contributed by atoms with Crippen molar-refractivity contribution in [1.29, 1.82) is 0 Å². The third kappa shape index (κ3) is 3.90. The normalized spacial score (nSPS) is 11.1. The summed E-state index contributed by atoms with van der Waals surface area (Å²) in [7, 11) is 1.61. The van der Waals surface area contributed by atoms with Crippen LogP contribution in [0.25, 0.3) is 32.9 Å². The van der Waals surface area contributed by atoms with Gasteiger partial charge in [0.05, 0.1) is 21.5 Å². The monoisotopic (exact) mass is 411 g/mol. The molecule has 0 bridgehead atoms. The molecule has 0 aliphatic rings. The number of benzene rings is 1. The van der Waals surface area contributed by atoms with Crippen molar-refractivity contribution in [2.45, 2.75) is 6.42 Å². The first kappa shape index (κ1) is 19.2. The summed E-state index contributed by atoms with van der Waals surface area (Å²) in [6.45, 7) is 0.991. The van der Waals surface area contributed by atoms with Crippen LogP contribution in [0.2, 0.25) is 0 Å². The summed E-state index contributed by atoms with van der Waals surface area (Å²) in [5.41, 5.74) is 1.65. The zero-order valence-electron chi connectivity index (χ0n) is 15.6. The average Bonchev–Trinajstić information content (AvgIpc) is 3.41. The molecule has 29 heavy (non-hydrogen) atoms. The van der Waals surface area contributed by atoms with Crippen molar-refractivity contribution >= 4 is 28.3 Å². The maximum absolute atomic E-state index is 14.4. The minimum Gasteiger partial charge on any atom is -0.385 e. The topological polar surface area (TPSA) is 77.2 Å². The molecule has 0 radical (unpaired) electrons. The first-order valence-electron chi connectivity index (χ1n) is 9.05. The minimum absolute atomic E-state index is 0.191. The van der Waals surface area contributed by atoms with E-state index in [1.165, 1.54) is 17.4 Å². The standard InChI is InChI=1S/C21H18FN3O3S/c1-27-10-5-9-23-20(26)14-12-16(17-8-4-11-29-17)24-21-18(14)19(25-28-21)13-6-2-3-7-15(13)22/h2-4,6-8,11-12H,5,9-10H2,1H3,(H,23,26). The molecular weight excluding hydrogens is 393 g/mol. The Morgan fingerprint density at radius 1 is 1.28 bits per heavy atom. The van der Waals surface area contributed by atoms with Crippen LogP contribution in [-0.2, 0) is 4.74 Å². The van der Waals surface area contributed by atoms with E-state index in [1.807, 2.05) is 17.5 Å². The van der Waals surface area contributed by atoms with E-state index in [-0.39, 0.29) is 22.9 Å². The molecule has 6 nitrogen and oxygen atoms in total. The summed E-state index contributed by atoms with van der Waals surface area (Å²) in [6, 6.07) is 11.7. The van der Waals surface area contributed by atoms with Gasteiger partial charge in [-0.05, 0) is 36.1 Å². The van der Waals surface area contributed by atoms with Gasteiger partial charge in [0.25, 0.3) is 11.6 Å². The summed E-state index contributed by atoms with van der Waals surface area (Å²) in [5, 5.41) is 9.22. The fraction of sp³-hybridized carbons (Fsp3) is 0.190. The average molecular weight is 411 g/mol. The maximum Gasteiger partial charge on any atom is 0.259 e. The number of rotatable bonds is 7. The predicted molar refractivity (Wildman–Crippen MR) is 109 cm³/mol. The minimum atomic E-state index is -0.448. The molecule has 4 rings (SSSR count). The molecule has 8 heteroatoms. The molecule has 1 amide bonds. The van der Waals surface area contributed by atoms with E-state index in [0.29, 0.717) is 36.2 Å². The molecular formula is C21H18FN3O3S. The number of ether oxygens (including phenoxy) is 1. The second kappa shape index (κ2) is 8.50. The van der Waals surface area contributed by atoms with Gasteiger partial charge >= 0.3 is 0 Å². The van der Waals surface area contributed by atoms with Crippen molar-refractivity contribution in [3.8, 4) is 21.8 Å². The molecule has 0 aliphatic carbocycles. The van der Waals surface area contributed by atoms with Crippen LogP contribution in [0, 0.1) is 5.82 Å². The first-order valence-corrected chi connectivity index (χ1v) is 9.93. The second-order valence-electron chi connectivity index (χ2n) is 6.33. The highest BCUT2D eigenvalue weighted by molar-refractivity contribution is 7.13. The van der Waals surface area contributed by atoms with E-state index in [0.717, 1.165) is 4.88 Å². The van der Waals surface area contributed by atoms with Crippen LogP contribution in [0.1, 0.15) is 16.8 Å². The molecule has 0 saturated carbocycles. The number of carbonyl (C=O) groups excluding carboxylic acids is 1. The summed E-state index contributed by atoms with van der Waals surface area (Å²) < 4.78 is 24.8. The highest BCUT2D eigenvalue weighted by Gasteiger charge is 2.23. The molecule has 4 aromatic rings. The molecule has 0 fully saturated rings. The Labute approximate surface area is 170 Å². The Morgan fingerprint density at radius 2 is 2.14 bits per heavy atom. The lowest BCUT2D eigenvalue weighted by atomic mass is 10.0. The third-order valence-corrected chi connectivity index (χ3v) is 5.30. The van der Waals surface area contributed by atoms with Gasteiger partial charge in [-0.15, -0.1) is 11.3 Å². The Kier molecular flexibility index (Phi) is 5.64. The fourth-order valence-corrected chi connectivity index (χ4v) is 3.72. The van der Waals surface area contributed by atoms with Gasteiger partial charge in [-0.25, -0.2) is 9.37 Å². The van der Waals surface area contributed by atoms with Crippen molar-refractivity contribution in [3.05, 3.63) is 59.2 Å². The lowest BCUT2D eigenvalue weighted by Gasteiger charge is -2.08. The van der Waals surface area contributed by atoms with Crippen LogP contribution in [0.15, 0.2) is 52.4 Å². The highest BCUT2D eigenvalue weighted by atomic mass is 32.1. The van der Waals surface area contributed by atoms with E-state index in [2.05, 4.69) is 15.5 Å². The van der Waals surface area contributed by atoms with Crippen molar-refractivity contribution < 1.29 is 18.4 Å². The SMILES string of the molecule is COCCCNC(=O)c1cc(-c2cccs2)nc2onc(-c3ccccc3F)c12. The van der Waals surface area contributed by atoms with E-state index in [1.54, 1.807) is 31.4 Å². The van der Waals surface area contributed by atoms with E-state index < -0.39 is 5.82 Å². The van der Waals surface area contributed by atoms with Crippen LogP contribution in [0.4, 0.5) is 4.39 Å². The zero-order chi connectivity index (χ0) is 20.2. The Morgan fingerprint density at radius 3 is 2.90 bits per heavy atom. The van der Waals surface area contributed by atoms with Gasteiger partial charge in [-0.3, -0.25) is 4.79 Å². The Bertz CT molecular complexity index is 1140. The highest BCUT2D eigenvalue weighted by Crippen LogP contribution is 2.34. The number of fused-ring (bicyclic) bond motifs is 1. The Hall–Kier alpha value is -3.10. The lowest BCUT2D eigenvalue weighted by molar-refractivity contribution is 0.0950. The largest absolute Gasteiger partial charge is 0.385 e. The number of nitrogens with zero attached hydrogens (tertiary/aromatic N) is 2. The summed E-state index contributed by atoms with van der Waals surface area (Å²) in [4.78, 5) is 18.4. The molecule has 3 heterocycles. The summed E-state index contributed by atoms with van der Waals surface area (Å²) >= 11 is 1.50. The molecule has 0 saturated heterocycles. The molecule has 0 atom stereocenters. The number of thiophene rings is 1. The number of carbonyl (C=O) groups is 1. The van der Waals surface area contributed by atoms with Crippen LogP contribution in [0.3, 0.4) is 0 Å². The number of hydrogen-bond acceptors (Lipinski definition) is 6. The molecule has 0 spiro atoms. The quantitative estimate of drug-likeness (QED) is 0.452. The molecule has 148 valence electrons. The van der Waals surface area contributed by atoms with E-state index >= 15 is 0 Å². The van der Waals surface area contributed by atoms with Gasteiger partial charge in [-0.2, -0.15) is 0 Å². The van der Waals surface area contributed by atoms with Crippen LogP contribution >= 0.6 is 11.3 Å². The van der Waals surface area contributed by atoms with Gasteiger partial charge in [0.2, 0.25) is 0 Å². The van der Waals surface area contributed by atoms with Crippen LogP contribution in [0.5, 0.6) is 0 Å². The van der Waals surface area contributed by atoms with Crippen LogP contribution < -0.4 is 5.32 Å². The number of hydrogen-bond donors (Lipinski definition) is 1. The third-order valence-electron chi connectivity index (χ3n) is 4.40. The number of methoxy groups -OCH3 is 1. The van der Waals surface area contributed by atoms with Crippen LogP contribution in [-0.4, -0.2) is 36.3 Å². The Balaban J connectivity index is 1.83. The molecule has 0 unspecified atom stereocenters. The maximum atomic E-state index is 14.4. The van der Waals surface area contributed by atoms with Crippen molar-refractivity contribution in [2.24, 2.45) is 0 Å². The van der Waals surface area contributed by atoms with Gasteiger partial charge in [-0.1, -0.05) is 23.4 Å².